The summed E-state index contributed by atoms with van der Waals surface area (Å²) in [6, 6.07) is -1.68. The number of aliphatic carboxylic acids is 1. The van der Waals surface area contributed by atoms with Crippen molar-refractivity contribution >= 4 is 17.8 Å². The fraction of sp³-hybridized carbons (Fsp3) is 0.880. The molecule has 0 radical (unpaired) electrons. The topological polar surface area (TPSA) is 352 Å². The van der Waals surface area contributed by atoms with Crippen LogP contribution in [0.25, 0.3) is 0 Å². The van der Waals surface area contributed by atoms with Crippen LogP contribution in [0.15, 0.2) is 0 Å². The van der Waals surface area contributed by atoms with Crippen molar-refractivity contribution in [1.29, 1.82) is 0 Å². The van der Waals surface area contributed by atoms with Gasteiger partial charge in [-0.3, -0.25) is 9.59 Å². The maximum absolute atomic E-state index is 13.1. The second-order valence-corrected chi connectivity index (χ2v) is 11.3. The summed E-state index contributed by atoms with van der Waals surface area (Å²) in [5.74, 6) is -7.76. The van der Waals surface area contributed by atoms with Gasteiger partial charge in [-0.05, 0) is 0 Å². The second kappa shape index (κ2) is 14.9. The van der Waals surface area contributed by atoms with Crippen molar-refractivity contribution in [3.63, 3.8) is 0 Å². The van der Waals surface area contributed by atoms with Crippen molar-refractivity contribution in [2.75, 3.05) is 19.8 Å². The Bertz CT molecular complexity index is 1080. The number of aliphatic hydroxyl groups excluding tert-OH is 11. The van der Waals surface area contributed by atoms with E-state index in [4.69, 9.17) is 23.7 Å². The Balaban J connectivity index is 2.12. The minimum Gasteiger partial charge on any atom is -0.479 e. The molecule has 3 rings (SSSR count). The van der Waals surface area contributed by atoms with Crippen LogP contribution in [-0.2, 0) is 38.1 Å². The van der Waals surface area contributed by atoms with Crippen molar-refractivity contribution in [1.82, 2.24) is 5.32 Å². The van der Waals surface area contributed by atoms with Crippen molar-refractivity contribution in [3.8, 4) is 0 Å². The van der Waals surface area contributed by atoms with Crippen molar-refractivity contribution in [2.24, 2.45) is 0 Å². The Hall–Kier alpha value is -2.19. The number of nitrogens with one attached hydrogen (secondary N) is 1. The highest BCUT2D eigenvalue weighted by Gasteiger charge is 2.75. The molecule has 0 aromatic heterocycles. The Morgan fingerprint density at radius 1 is 0.891 bits per heavy atom. The van der Waals surface area contributed by atoms with Crippen molar-refractivity contribution < 1.29 is 99.3 Å². The number of rotatable bonds is 11. The van der Waals surface area contributed by atoms with Gasteiger partial charge >= 0.3 is 11.9 Å². The van der Waals surface area contributed by atoms with Crippen LogP contribution in [0.1, 0.15) is 20.3 Å². The SMILES string of the molecule is CC(=O)N[C@H]1[C@H]([C@H](O)[C@H](O)CO)OC(C(=O)O)(C2(OC(C)=O)O[C@H](CO)[C@@H](O[C@@H]3O[C@H](CO)[C@H](O)[C@H](O)[C@H]3O)[C@H](O)[C@H]2O)C[C@@H]1O. The molecular formula is C25H41NO20. The maximum atomic E-state index is 13.1. The van der Waals surface area contributed by atoms with Crippen LogP contribution in [0.3, 0.4) is 0 Å². The zero-order chi connectivity index (χ0) is 34.9. The molecule has 1 amide bonds. The number of hydrogen-bond donors (Lipinski definition) is 13. The van der Waals surface area contributed by atoms with Gasteiger partial charge < -0.3 is 90.3 Å². The summed E-state index contributed by atoms with van der Waals surface area (Å²) in [7, 11) is 0. The third-order valence-electron chi connectivity index (χ3n) is 8.16. The summed E-state index contributed by atoms with van der Waals surface area (Å²) < 4.78 is 27.2. The van der Waals surface area contributed by atoms with Crippen LogP contribution >= 0.6 is 0 Å². The summed E-state index contributed by atoms with van der Waals surface area (Å²) in [6.07, 6.45) is -28.2. The first-order chi connectivity index (χ1) is 21.4. The van der Waals surface area contributed by atoms with Crippen LogP contribution in [-0.4, -0.2) is 196 Å². The molecule has 46 heavy (non-hydrogen) atoms. The van der Waals surface area contributed by atoms with Gasteiger partial charge in [-0.2, -0.15) is 0 Å². The number of carbonyl (C=O) groups is 3. The molecule has 13 N–H and O–H groups in total. The molecule has 0 bridgehead atoms. The molecular weight excluding hydrogens is 634 g/mol. The number of hydrogen-bond acceptors (Lipinski definition) is 19. The van der Waals surface area contributed by atoms with E-state index in [1.165, 1.54) is 0 Å². The predicted molar refractivity (Wildman–Crippen MR) is 140 cm³/mol. The van der Waals surface area contributed by atoms with Crippen molar-refractivity contribution in [2.45, 2.75) is 117 Å². The molecule has 21 heteroatoms. The molecule has 3 aliphatic heterocycles. The van der Waals surface area contributed by atoms with E-state index in [1.54, 1.807) is 0 Å². The Labute approximate surface area is 260 Å². The lowest BCUT2D eigenvalue weighted by molar-refractivity contribution is -0.427. The summed E-state index contributed by atoms with van der Waals surface area (Å²) in [5, 5.41) is 127. The second-order valence-electron chi connectivity index (χ2n) is 11.3. The van der Waals surface area contributed by atoms with E-state index in [0.717, 1.165) is 13.8 Å². The summed E-state index contributed by atoms with van der Waals surface area (Å²) >= 11 is 0. The highest BCUT2D eigenvalue weighted by Crippen LogP contribution is 2.48. The van der Waals surface area contributed by atoms with Gasteiger partial charge in [-0.25, -0.2) is 4.79 Å². The lowest BCUT2D eigenvalue weighted by Crippen LogP contribution is -2.81. The van der Waals surface area contributed by atoms with Gasteiger partial charge in [0.1, 0.15) is 61.0 Å². The number of esters is 1. The molecule has 0 aromatic rings. The van der Waals surface area contributed by atoms with E-state index in [-0.39, 0.29) is 0 Å². The third-order valence-corrected chi connectivity index (χ3v) is 8.16. The average Bonchev–Trinajstić information content (AvgIpc) is 3.00. The standard InChI is InChI=1S/C25H41NO20/c1-7(30)26-13-9(32)3-24(23(40)41,46-20(13)14(34)10(33)4-27)25(44-8(2)31)21(39)18(38)19(12(6-29)45-25)43-22-17(37)16(36)15(35)11(5-28)42-22/h9-22,27-29,32-39H,3-6H2,1-2H3,(H,26,30)(H,40,41)/t9-,10+,11+,12+,13+,14+,15-,16-,17+,18-,19+,20+,21+,22-,24?,25?/m0/s1. The smallest absolute Gasteiger partial charge is 0.343 e. The summed E-state index contributed by atoms with van der Waals surface area (Å²) in [4.78, 5) is 37.3. The average molecular weight is 676 g/mol. The van der Waals surface area contributed by atoms with E-state index in [2.05, 4.69) is 5.32 Å². The Kier molecular flexibility index (Phi) is 12.4. The van der Waals surface area contributed by atoms with Gasteiger partial charge in [0, 0.05) is 20.3 Å². The molecule has 2 unspecified atom stereocenters. The number of amides is 1. The molecule has 3 heterocycles. The maximum Gasteiger partial charge on any atom is 0.343 e. The number of ether oxygens (including phenoxy) is 5. The predicted octanol–water partition coefficient (Wildman–Crippen LogP) is -8.26. The zero-order valence-corrected chi connectivity index (χ0v) is 24.5. The normalized spacial score (nSPS) is 44.5. The number of aliphatic hydroxyl groups is 11. The molecule has 266 valence electrons. The molecule has 3 aliphatic rings. The number of carbonyl (C=O) groups excluding carboxylic acids is 2. The van der Waals surface area contributed by atoms with Crippen LogP contribution in [0.2, 0.25) is 0 Å². The van der Waals surface area contributed by atoms with Gasteiger partial charge in [-0.15, -0.1) is 0 Å². The van der Waals surface area contributed by atoms with Crippen LogP contribution in [0, 0.1) is 0 Å². The van der Waals surface area contributed by atoms with Gasteiger partial charge in [0.2, 0.25) is 11.5 Å². The molecule has 0 spiro atoms. The van der Waals surface area contributed by atoms with E-state index < -0.39 is 141 Å². The first kappa shape index (κ1) is 38.3. The van der Waals surface area contributed by atoms with Crippen LogP contribution in [0.5, 0.6) is 0 Å². The molecule has 16 atom stereocenters. The fourth-order valence-electron chi connectivity index (χ4n) is 5.87. The molecule has 0 aliphatic carbocycles. The van der Waals surface area contributed by atoms with Crippen LogP contribution in [0.4, 0.5) is 0 Å². The highest BCUT2D eigenvalue weighted by atomic mass is 16.8. The lowest BCUT2D eigenvalue weighted by Gasteiger charge is -2.58. The largest absolute Gasteiger partial charge is 0.479 e. The lowest BCUT2D eigenvalue weighted by atomic mass is 9.73. The molecule has 0 aromatic carbocycles. The number of carboxylic acids is 1. The van der Waals surface area contributed by atoms with Crippen LogP contribution < -0.4 is 5.32 Å². The summed E-state index contributed by atoms with van der Waals surface area (Å²) in [5.41, 5.74) is -3.32. The molecule has 3 fully saturated rings. The number of carboxylic acid groups (broad SMARTS) is 1. The highest BCUT2D eigenvalue weighted by molar-refractivity contribution is 5.81. The quantitative estimate of drug-likeness (QED) is 0.0904. The van der Waals surface area contributed by atoms with E-state index in [9.17, 15) is 75.7 Å². The molecule has 21 nitrogen and oxygen atoms in total. The zero-order valence-electron chi connectivity index (χ0n) is 24.5. The van der Waals surface area contributed by atoms with E-state index in [0.29, 0.717) is 0 Å². The minimum absolute atomic E-state index is 0.728. The van der Waals surface area contributed by atoms with Gasteiger partial charge in [0.15, 0.2) is 12.4 Å². The van der Waals surface area contributed by atoms with Gasteiger partial charge in [0.25, 0.3) is 5.79 Å². The first-order valence-corrected chi connectivity index (χ1v) is 14.1. The van der Waals surface area contributed by atoms with Gasteiger partial charge in [-0.1, -0.05) is 0 Å². The minimum atomic E-state index is -3.42. The molecule has 0 saturated carbocycles. The first-order valence-electron chi connectivity index (χ1n) is 14.1. The fourth-order valence-corrected chi connectivity index (χ4v) is 5.87. The molecule has 3 saturated heterocycles. The summed E-state index contributed by atoms with van der Waals surface area (Å²) in [6.45, 7) is -1.50. The monoisotopic (exact) mass is 675 g/mol. The van der Waals surface area contributed by atoms with E-state index in [1.807, 2.05) is 0 Å². The van der Waals surface area contributed by atoms with Crippen molar-refractivity contribution in [3.05, 3.63) is 0 Å². The Morgan fingerprint density at radius 2 is 1.50 bits per heavy atom. The van der Waals surface area contributed by atoms with Gasteiger partial charge in [0.05, 0.1) is 32.0 Å². The van der Waals surface area contributed by atoms with E-state index >= 15 is 0 Å². The third kappa shape index (κ3) is 6.85. The Morgan fingerprint density at radius 3 is 2.00 bits per heavy atom.